The Labute approximate surface area is 190 Å². The van der Waals surface area contributed by atoms with E-state index in [-0.39, 0.29) is 17.5 Å². The van der Waals surface area contributed by atoms with Gasteiger partial charge in [0.1, 0.15) is 17.1 Å². The van der Waals surface area contributed by atoms with E-state index in [0.717, 1.165) is 34.3 Å². The molecule has 0 spiro atoms. The van der Waals surface area contributed by atoms with Crippen LogP contribution >= 0.6 is 0 Å². The predicted molar refractivity (Wildman–Crippen MR) is 128 cm³/mol. The smallest absolute Gasteiger partial charge is 0.313 e. The molecule has 0 amide bonds. The number of benzene rings is 3. The van der Waals surface area contributed by atoms with Gasteiger partial charge in [0.05, 0.1) is 19.6 Å². The molecule has 168 valence electrons. The number of methoxy groups -OCH3 is 1. The minimum atomic E-state index is -0.350. The van der Waals surface area contributed by atoms with Crippen molar-refractivity contribution < 1.29 is 19.0 Å². The topological polar surface area (TPSA) is 44.8 Å². The first-order valence-electron chi connectivity index (χ1n) is 11.2. The van der Waals surface area contributed by atoms with Crippen LogP contribution < -0.4 is 9.47 Å². The Bertz CT molecular complexity index is 1180. The Morgan fingerprint density at radius 3 is 2.53 bits per heavy atom. The summed E-state index contributed by atoms with van der Waals surface area (Å²) >= 11 is 0. The minimum absolute atomic E-state index is 0.208. The molecule has 2 unspecified atom stereocenters. The highest BCUT2D eigenvalue weighted by Crippen LogP contribution is 2.42. The van der Waals surface area contributed by atoms with Crippen molar-refractivity contribution in [2.75, 3.05) is 13.7 Å². The predicted octanol–water partition coefficient (Wildman–Crippen LogP) is 6.20. The van der Waals surface area contributed by atoms with Gasteiger partial charge in [-0.15, -0.1) is 0 Å². The van der Waals surface area contributed by atoms with Gasteiger partial charge in [-0.05, 0) is 79.8 Å². The van der Waals surface area contributed by atoms with Crippen molar-refractivity contribution in [3.05, 3.63) is 70.3 Å². The Balaban J connectivity index is 1.38. The molecule has 0 bridgehead atoms. The van der Waals surface area contributed by atoms with Crippen LogP contribution in [0.25, 0.3) is 10.8 Å². The van der Waals surface area contributed by atoms with Crippen molar-refractivity contribution in [3.63, 3.8) is 0 Å². The maximum atomic E-state index is 12.7. The SMILES string of the molecule is COc1ccc2cc(C(C)C(=O)OCCC3(C)Cc4c(C)cc(C)c(C)c4O3)ccc2c1. The van der Waals surface area contributed by atoms with Gasteiger partial charge in [-0.3, -0.25) is 4.79 Å². The van der Waals surface area contributed by atoms with Crippen molar-refractivity contribution in [1.29, 1.82) is 0 Å². The number of carbonyl (C=O) groups is 1. The van der Waals surface area contributed by atoms with E-state index in [9.17, 15) is 4.79 Å². The van der Waals surface area contributed by atoms with Crippen LogP contribution in [-0.4, -0.2) is 25.3 Å². The molecule has 3 aromatic carbocycles. The van der Waals surface area contributed by atoms with E-state index in [1.54, 1.807) is 7.11 Å². The summed E-state index contributed by atoms with van der Waals surface area (Å²) in [6.45, 7) is 10.7. The summed E-state index contributed by atoms with van der Waals surface area (Å²) in [5.41, 5.74) is 5.60. The molecule has 4 heteroatoms. The zero-order valence-corrected chi connectivity index (χ0v) is 19.9. The average molecular weight is 433 g/mol. The number of fused-ring (bicyclic) bond motifs is 2. The molecule has 2 atom stereocenters. The van der Waals surface area contributed by atoms with Crippen molar-refractivity contribution in [2.45, 2.75) is 59.0 Å². The molecule has 4 rings (SSSR count). The number of hydrogen-bond donors (Lipinski definition) is 0. The van der Waals surface area contributed by atoms with E-state index >= 15 is 0 Å². The summed E-state index contributed by atoms with van der Waals surface area (Å²) in [5, 5.41) is 2.16. The van der Waals surface area contributed by atoms with Crippen LogP contribution in [0.4, 0.5) is 0 Å². The van der Waals surface area contributed by atoms with Gasteiger partial charge >= 0.3 is 5.97 Å². The molecule has 1 aliphatic rings. The van der Waals surface area contributed by atoms with Gasteiger partial charge in [-0.1, -0.05) is 30.3 Å². The highest BCUT2D eigenvalue weighted by molar-refractivity contribution is 5.86. The molecule has 32 heavy (non-hydrogen) atoms. The molecule has 3 aromatic rings. The van der Waals surface area contributed by atoms with Crippen LogP contribution in [0.5, 0.6) is 11.5 Å². The zero-order chi connectivity index (χ0) is 23.0. The van der Waals surface area contributed by atoms with E-state index in [1.807, 2.05) is 43.3 Å². The second-order valence-electron chi connectivity index (χ2n) is 9.28. The van der Waals surface area contributed by atoms with E-state index in [0.29, 0.717) is 13.0 Å². The third kappa shape index (κ3) is 4.19. The third-order valence-corrected chi connectivity index (χ3v) is 6.81. The summed E-state index contributed by atoms with van der Waals surface area (Å²) < 4.78 is 17.3. The summed E-state index contributed by atoms with van der Waals surface area (Å²) in [7, 11) is 1.66. The van der Waals surface area contributed by atoms with Gasteiger partial charge in [-0.2, -0.15) is 0 Å². The van der Waals surface area contributed by atoms with Gasteiger partial charge in [0.2, 0.25) is 0 Å². The van der Waals surface area contributed by atoms with E-state index < -0.39 is 0 Å². The molecule has 0 fully saturated rings. The summed E-state index contributed by atoms with van der Waals surface area (Å²) in [4.78, 5) is 12.7. The molecule has 1 heterocycles. The highest BCUT2D eigenvalue weighted by Gasteiger charge is 2.37. The van der Waals surface area contributed by atoms with Crippen molar-refractivity contribution in [1.82, 2.24) is 0 Å². The lowest BCUT2D eigenvalue weighted by molar-refractivity contribution is -0.146. The summed E-state index contributed by atoms with van der Waals surface area (Å²) in [6, 6.07) is 14.2. The van der Waals surface area contributed by atoms with Crippen LogP contribution in [0, 0.1) is 20.8 Å². The first kappa shape index (κ1) is 22.2. The fourth-order valence-corrected chi connectivity index (χ4v) is 4.53. The Morgan fingerprint density at radius 2 is 1.78 bits per heavy atom. The summed E-state index contributed by atoms with van der Waals surface area (Å²) in [5.74, 6) is 1.30. The van der Waals surface area contributed by atoms with Crippen molar-refractivity contribution in [3.8, 4) is 11.5 Å². The molecule has 4 nitrogen and oxygen atoms in total. The molecule has 1 aliphatic heterocycles. The van der Waals surface area contributed by atoms with Crippen LogP contribution in [0.3, 0.4) is 0 Å². The Kier molecular flexibility index (Phi) is 5.89. The lowest BCUT2D eigenvalue weighted by Gasteiger charge is -2.24. The maximum Gasteiger partial charge on any atom is 0.313 e. The van der Waals surface area contributed by atoms with Gasteiger partial charge in [-0.25, -0.2) is 0 Å². The van der Waals surface area contributed by atoms with Crippen molar-refractivity contribution in [2.24, 2.45) is 0 Å². The molecule has 0 aliphatic carbocycles. The fourth-order valence-electron chi connectivity index (χ4n) is 4.53. The van der Waals surface area contributed by atoms with Crippen LogP contribution in [0.15, 0.2) is 42.5 Å². The van der Waals surface area contributed by atoms with Crippen LogP contribution in [0.2, 0.25) is 0 Å². The monoisotopic (exact) mass is 432 g/mol. The Hall–Kier alpha value is -3.01. The van der Waals surface area contributed by atoms with E-state index in [2.05, 4.69) is 33.8 Å². The normalized spacial score (nSPS) is 18.2. The Morgan fingerprint density at radius 1 is 1.06 bits per heavy atom. The standard InChI is InChI=1S/C28H32O4/c1-17-13-18(2)25-16-28(5,32-26(25)19(17)3)11-12-31-27(29)20(4)21-7-8-23-15-24(30-6)10-9-22(23)14-21/h7-10,13-15,20H,11-12,16H2,1-6H3. The number of aryl methyl sites for hydroxylation is 2. The highest BCUT2D eigenvalue weighted by atomic mass is 16.5. The van der Waals surface area contributed by atoms with Crippen LogP contribution in [0.1, 0.15) is 54.0 Å². The van der Waals surface area contributed by atoms with E-state index in [1.165, 1.54) is 22.3 Å². The van der Waals surface area contributed by atoms with Gasteiger partial charge in [0.25, 0.3) is 0 Å². The zero-order valence-electron chi connectivity index (χ0n) is 19.9. The number of ether oxygens (including phenoxy) is 3. The maximum absolute atomic E-state index is 12.7. The molecule has 0 saturated carbocycles. The number of hydrogen-bond acceptors (Lipinski definition) is 4. The molecule has 0 saturated heterocycles. The van der Waals surface area contributed by atoms with E-state index in [4.69, 9.17) is 14.2 Å². The second-order valence-corrected chi connectivity index (χ2v) is 9.28. The minimum Gasteiger partial charge on any atom is -0.497 e. The van der Waals surface area contributed by atoms with Gasteiger partial charge in [0.15, 0.2) is 0 Å². The molecular weight excluding hydrogens is 400 g/mol. The second kappa shape index (κ2) is 8.50. The number of rotatable bonds is 6. The molecule has 0 radical (unpaired) electrons. The van der Waals surface area contributed by atoms with Crippen LogP contribution in [-0.2, 0) is 16.0 Å². The molecular formula is C28H32O4. The number of carbonyl (C=O) groups excluding carboxylic acids is 1. The van der Waals surface area contributed by atoms with Gasteiger partial charge in [0, 0.05) is 18.4 Å². The fraction of sp³-hybridized carbons (Fsp3) is 0.393. The van der Waals surface area contributed by atoms with Crippen molar-refractivity contribution >= 4 is 16.7 Å². The largest absolute Gasteiger partial charge is 0.497 e. The molecule has 0 N–H and O–H groups in total. The number of esters is 1. The quantitative estimate of drug-likeness (QED) is 0.435. The van der Waals surface area contributed by atoms with Gasteiger partial charge < -0.3 is 14.2 Å². The average Bonchev–Trinajstić information content (AvgIpc) is 3.14. The first-order valence-corrected chi connectivity index (χ1v) is 11.2. The first-order chi connectivity index (χ1) is 15.2. The lowest BCUT2D eigenvalue weighted by Crippen LogP contribution is -2.32. The third-order valence-electron chi connectivity index (χ3n) is 6.81. The summed E-state index contributed by atoms with van der Waals surface area (Å²) in [6.07, 6.45) is 1.51. The lowest BCUT2D eigenvalue weighted by atomic mass is 9.92. The molecule has 0 aromatic heterocycles.